The predicted octanol–water partition coefficient (Wildman–Crippen LogP) is 2.70. The molecule has 1 aliphatic rings. The normalized spacial score (nSPS) is 26.9. The van der Waals surface area contributed by atoms with Crippen LogP contribution in [-0.4, -0.2) is 37.7 Å². The lowest BCUT2D eigenvalue weighted by molar-refractivity contribution is 0.101. The first-order chi connectivity index (χ1) is 7.31. The number of hydrogen-bond acceptors (Lipinski definition) is 2. The standard InChI is InChI=1S/C13H25NO/c1-4-12-6-8-13(9-7-12)14(5-2)10-11-15-3/h4,12-13H,1,5-11H2,2-3H3. The van der Waals surface area contributed by atoms with Gasteiger partial charge in [0.15, 0.2) is 0 Å². The second-order valence-electron chi connectivity index (χ2n) is 4.43. The Hall–Kier alpha value is -0.340. The van der Waals surface area contributed by atoms with Gasteiger partial charge in [0.1, 0.15) is 0 Å². The molecule has 0 bridgehead atoms. The molecule has 0 aromatic rings. The second-order valence-corrected chi connectivity index (χ2v) is 4.43. The van der Waals surface area contributed by atoms with E-state index < -0.39 is 0 Å². The average Bonchev–Trinajstić information content (AvgIpc) is 2.31. The molecular weight excluding hydrogens is 186 g/mol. The van der Waals surface area contributed by atoms with Crippen LogP contribution in [0.25, 0.3) is 0 Å². The van der Waals surface area contributed by atoms with E-state index in [-0.39, 0.29) is 0 Å². The summed E-state index contributed by atoms with van der Waals surface area (Å²) < 4.78 is 5.15. The third-order valence-electron chi connectivity index (χ3n) is 3.58. The molecule has 0 aliphatic heterocycles. The summed E-state index contributed by atoms with van der Waals surface area (Å²) in [5, 5.41) is 0. The molecule has 2 heteroatoms. The second kappa shape index (κ2) is 7.02. The van der Waals surface area contributed by atoms with E-state index in [1.807, 2.05) is 0 Å². The SMILES string of the molecule is C=CC1CCC(N(CC)CCOC)CC1. The molecule has 1 rings (SSSR count). The van der Waals surface area contributed by atoms with E-state index in [9.17, 15) is 0 Å². The highest BCUT2D eigenvalue weighted by Crippen LogP contribution is 2.27. The van der Waals surface area contributed by atoms with Crippen molar-refractivity contribution < 1.29 is 4.74 Å². The van der Waals surface area contributed by atoms with Gasteiger partial charge in [-0.15, -0.1) is 6.58 Å². The Morgan fingerprint density at radius 2 is 2.00 bits per heavy atom. The maximum atomic E-state index is 5.15. The summed E-state index contributed by atoms with van der Waals surface area (Å²) in [6, 6.07) is 0.779. The minimum absolute atomic E-state index is 0.766. The van der Waals surface area contributed by atoms with E-state index in [1.165, 1.54) is 25.7 Å². The van der Waals surface area contributed by atoms with Crippen molar-refractivity contribution in [3.63, 3.8) is 0 Å². The van der Waals surface area contributed by atoms with Crippen LogP contribution in [0.4, 0.5) is 0 Å². The molecule has 0 saturated heterocycles. The van der Waals surface area contributed by atoms with Crippen LogP contribution in [0.15, 0.2) is 12.7 Å². The van der Waals surface area contributed by atoms with Crippen LogP contribution in [-0.2, 0) is 4.74 Å². The van der Waals surface area contributed by atoms with Crippen molar-refractivity contribution in [1.82, 2.24) is 4.90 Å². The lowest BCUT2D eigenvalue weighted by Gasteiger charge is -2.35. The molecule has 15 heavy (non-hydrogen) atoms. The van der Waals surface area contributed by atoms with Gasteiger partial charge in [0, 0.05) is 19.7 Å². The summed E-state index contributed by atoms with van der Waals surface area (Å²) in [5.74, 6) is 0.766. The van der Waals surface area contributed by atoms with Crippen LogP contribution in [0.3, 0.4) is 0 Å². The first-order valence-electron chi connectivity index (χ1n) is 6.17. The highest BCUT2D eigenvalue weighted by Gasteiger charge is 2.23. The molecule has 2 nitrogen and oxygen atoms in total. The van der Waals surface area contributed by atoms with Gasteiger partial charge >= 0.3 is 0 Å². The van der Waals surface area contributed by atoms with Crippen molar-refractivity contribution >= 4 is 0 Å². The molecule has 0 atom stereocenters. The lowest BCUT2D eigenvalue weighted by Crippen LogP contribution is -2.39. The Morgan fingerprint density at radius 3 is 2.47 bits per heavy atom. The molecule has 1 aliphatic carbocycles. The number of allylic oxidation sites excluding steroid dienone is 1. The third-order valence-corrected chi connectivity index (χ3v) is 3.58. The van der Waals surface area contributed by atoms with Crippen molar-refractivity contribution in [2.75, 3.05) is 26.8 Å². The van der Waals surface area contributed by atoms with Crippen LogP contribution < -0.4 is 0 Å². The lowest BCUT2D eigenvalue weighted by atomic mass is 9.85. The molecule has 0 heterocycles. The fourth-order valence-corrected chi connectivity index (χ4v) is 2.51. The van der Waals surface area contributed by atoms with E-state index in [0.717, 1.165) is 31.7 Å². The smallest absolute Gasteiger partial charge is 0.0589 e. The molecule has 1 saturated carbocycles. The molecule has 0 spiro atoms. The van der Waals surface area contributed by atoms with Gasteiger partial charge in [-0.1, -0.05) is 13.0 Å². The van der Waals surface area contributed by atoms with Crippen molar-refractivity contribution in [1.29, 1.82) is 0 Å². The molecule has 0 amide bonds. The van der Waals surface area contributed by atoms with Gasteiger partial charge in [-0.2, -0.15) is 0 Å². The van der Waals surface area contributed by atoms with Crippen molar-refractivity contribution in [3.05, 3.63) is 12.7 Å². The Kier molecular flexibility index (Phi) is 5.96. The maximum absolute atomic E-state index is 5.15. The topological polar surface area (TPSA) is 12.5 Å². The summed E-state index contributed by atoms with van der Waals surface area (Å²) in [4.78, 5) is 2.56. The zero-order valence-corrected chi connectivity index (χ0v) is 10.2. The Labute approximate surface area is 94.3 Å². The number of nitrogens with zero attached hydrogens (tertiary/aromatic N) is 1. The number of rotatable bonds is 6. The van der Waals surface area contributed by atoms with Crippen LogP contribution in [0, 0.1) is 5.92 Å². The third kappa shape index (κ3) is 3.96. The van der Waals surface area contributed by atoms with Crippen molar-refractivity contribution in [2.24, 2.45) is 5.92 Å². The highest BCUT2D eigenvalue weighted by atomic mass is 16.5. The van der Waals surface area contributed by atoms with Gasteiger partial charge < -0.3 is 4.74 Å². The Bertz CT molecular complexity index is 173. The number of hydrogen-bond donors (Lipinski definition) is 0. The minimum atomic E-state index is 0.766. The fourth-order valence-electron chi connectivity index (χ4n) is 2.51. The molecule has 0 radical (unpaired) electrons. The zero-order valence-electron chi connectivity index (χ0n) is 10.2. The zero-order chi connectivity index (χ0) is 11.1. The molecule has 1 fully saturated rings. The summed E-state index contributed by atoms with van der Waals surface area (Å²) in [7, 11) is 1.78. The van der Waals surface area contributed by atoms with E-state index >= 15 is 0 Å². The molecule has 0 N–H and O–H groups in total. The maximum Gasteiger partial charge on any atom is 0.0589 e. The minimum Gasteiger partial charge on any atom is -0.383 e. The van der Waals surface area contributed by atoms with E-state index in [4.69, 9.17) is 4.74 Å². The summed E-state index contributed by atoms with van der Waals surface area (Å²) >= 11 is 0. The first kappa shape index (κ1) is 12.7. The average molecular weight is 211 g/mol. The number of ether oxygens (including phenoxy) is 1. The fraction of sp³-hybridized carbons (Fsp3) is 0.846. The van der Waals surface area contributed by atoms with E-state index in [1.54, 1.807) is 7.11 Å². The van der Waals surface area contributed by atoms with Gasteiger partial charge in [-0.3, -0.25) is 4.90 Å². The quantitative estimate of drug-likeness (QED) is 0.626. The van der Waals surface area contributed by atoms with Gasteiger partial charge in [-0.05, 0) is 38.1 Å². The first-order valence-corrected chi connectivity index (χ1v) is 6.17. The van der Waals surface area contributed by atoms with Crippen LogP contribution in [0.5, 0.6) is 0 Å². The molecular formula is C13H25NO. The Balaban J connectivity index is 2.32. The monoisotopic (exact) mass is 211 g/mol. The van der Waals surface area contributed by atoms with Gasteiger partial charge in [0.2, 0.25) is 0 Å². The number of methoxy groups -OCH3 is 1. The van der Waals surface area contributed by atoms with Gasteiger partial charge in [0.05, 0.1) is 6.61 Å². The van der Waals surface area contributed by atoms with E-state index in [2.05, 4.69) is 24.5 Å². The summed E-state index contributed by atoms with van der Waals surface area (Å²) in [6.45, 7) is 9.22. The molecule has 0 aromatic carbocycles. The Morgan fingerprint density at radius 1 is 1.33 bits per heavy atom. The van der Waals surface area contributed by atoms with Crippen LogP contribution in [0.2, 0.25) is 0 Å². The van der Waals surface area contributed by atoms with Gasteiger partial charge in [0.25, 0.3) is 0 Å². The molecule has 0 unspecified atom stereocenters. The highest BCUT2D eigenvalue weighted by molar-refractivity contribution is 4.87. The summed E-state index contributed by atoms with van der Waals surface area (Å²) in [6.07, 6.45) is 7.42. The van der Waals surface area contributed by atoms with Crippen molar-refractivity contribution in [3.8, 4) is 0 Å². The van der Waals surface area contributed by atoms with Crippen molar-refractivity contribution in [2.45, 2.75) is 38.6 Å². The van der Waals surface area contributed by atoms with Gasteiger partial charge in [-0.25, -0.2) is 0 Å². The van der Waals surface area contributed by atoms with Crippen LogP contribution >= 0.6 is 0 Å². The molecule has 88 valence electrons. The predicted molar refractivity (Wildman–Crippen MR) is 65.1 cm³/mol. The summed E-state index contributed by atoms with van der Waals surface area (Å²) in [5.41, 5.74) is 0. The largest absolute Gasteiger partial charge is 0.383 e. The van der Waals surface area contributed by atoms with Crippen LogP contribution in [0.1, 0.15) is 32.6 Å². The molecule has 0 aromatic heterocycles. The van der Waals surface area contributed by atoms with E-state index in [0.29, 0.717) is 0 Å². The number of likely N-dealkylation sites (N-methyl/N-ethyl adjacent to an activating group) is 1.